The number of hydrogen-bond acceptors (Lipinski definition) is 13. The highest BCUT2D eigenvalue weighted by atomic mass is 32.2. The van der Waals surface area contributed by atoms with Gasteiger partial charge in [-0.2, -0.15) is 17.2 Å². The third-order valence-electron chi connectivity index (χ3n) is 9.29. The molecule has 0 aromatic carbocycles. The fourth-order valence-corrected chi connectivity index (χ4v) is 7.57. The number of fused-ring (bicyclic) bond motifs is 3. The molecule has 43 heavy (non-hydrogen) atoms. The number of rotatable bonds is 13. The molecule has 1 N–H and O–H groups in total. The summed E-state index contributed by atoms with van der Waals surface area (Å²) in [7, 11) is -5.85. The quantitative estimate of drug-likeness (QED) is 0.170. The molecular weight excluding hydrogens is 606 g/mol. The SMILES string of the molecule is CCC(CC)(OC(=O)C1C2OC3C(OC(=O)C31)C2OC(=O)COCC(=O)OC(C)C(F)(F)S(=O)(=O)O)C1CC2CCC1O2. The molecule has 0 spiro atoms. The molecule has 242 valence electrons. The average molecular weight is 641 g/mol. The molecule has 10 unspecified atom stereocenters. The average Bonchev–Trinajstić information content (AvgIpc) is 3.74. The molecule has 5 rings (SSSR count). The van der Waals surface area contributed by atoms with Gasteiger partial charge in [-0.1, -0.05) is 13.8 Å². The molecule has 10 atom stereocenters. The Kier molecular flexibility index (Phi) is 8.52. The van der Waals surface area contributed by atoms with Gasteiger partial charge >= 0.3 is 39.2 Å². The number of halogens is 2. The second-order valence-electron chi connectivity index (χ2n) is 11.5. The van der Waals surface area contributed by atoms with E-state index in [0.29, 0.717) is 19.8 Å². The summed E-state index contributed by atoms with van der Waals surface area (Å²) >= 11 is 0. The lowest BCUT2D eigenvalue weighted by Crippen LogP contribution is -2.52. The molecule has 0 aliphatic carbocycles. The molecule has 5 aliphatic rings. The van der Waals surface area contributed by atoms with Crippen molar-refractivity contribution in [2.24, 2.45) is 17.8 Å². The molecular formula is C26H34F2O14S. The fraction of sp³-hybridized carbons (Fsp3) is 0.846. The van der Waals surface area contributed by atoms with Crippen LogP contribution in [0.3, 0.4) is 0 Å². The molecule has 5 fully saturated rings. The van der Waals surface area contributed by atoms with Crippen LogP contribution in [0.15, 0.2) is 0 Å². The maximum absolute atomic E-state index is 13.7. The van der Waals surface area contributed by atoms with E-state index in [4.69, 9.17) is 33.0 Å². The Balaban J connectivity index is 1.18. The van der Waals surface area contributed by atoms with Gasteiger partial charge in [0.15, 0.2) is 18.3 Å². The van der Waals surface area contributed by atoms with Gasteiger partial charge in [-0.3, -0.25) is 14.1 Å². The minimum Gasteiger partial charge on any atom is -0.458 e. The summed E-state index contributed by atoms with van der Waals surface area (Å²) in [6.07, 6.45) is -2.74. The Hall–Kier alpha value is -2.47. The molecule has 0 aromatic rings. The van der Waals surface area contributed by atoms with E-state index in [1.54, 1.807) is 0 Å². The molecule has 5 aliphatic heterocycles. The molecule has 5 heterocycles. The summed E-state index contributed by atoms with van der Waals surface area (Å²) in [5, 5.41) is -4.77. The zero-order chi connectivity index (χ0) is 31.5. The van der Waals surface area contributed by atoms with Gasteiger partial charge in [0.25, 0.3) is 0 Å². The second kappa shape index (κ2) is 11.5. The first-order chi connectivity index (χ1) is 20.1. The molecule has 14 nitrogen and oxygen atoms in total. The van der Waals surface area contributed by atoms with Crippen molar-refractivity contribution in [3.63, 3.8) is 0 Å². The second-order valence-corrected chi connectivity index (χ2v) is 13.0. The van der Waals surface area contributed by atoms with Gasteiger partial charge in [0.1, 0.15) is 42.9 Å². The van der Waals surface area contributed by atoms with Crippen molar-refractivity contribution in [1.29, 1.82) is 0 Å². The van der Waals surface area contributed by atoms with Crippen molar-refractivity contribution >= 4 is 34.0 Å². The molecule has 0 saturated carbocycles. The van der Waals surface area contributed by atoms with Crippen LogP contribution >= 0.6 is 0 Å². The minimum absolute atomic E-state index is 0.00714. The van der Waals surface area contributed by atoms with Crippen molar-refractivity contribution in [2.45, 2.75) is 106 Å². The maximum atomic E-state index is 13.7. The highest BCUT2D eigenvalue weighted by Crippen LogP contribution is 2.53. The lowest BCUT2D eigenvalue weighted by Gasteiger charge is -2.41. The Morgan fingerprint density at radius 3 is 2.30 bits per heavy atom. The van der Waals surface area contributed by atoms with Crippen molar-refractivity contribution in [3.05, 3.63) is 0 Å². The van der Waals surface area contributed by atoms with E-state index in [0.717, 1.165) is 19.3 Å². The van der Waals surface area contributed by atoms with Crippen LogP contribution in [-0.4, -0.2) is 104 Å². The lowest BCUT2D eigenvalue weighted by molar-refractivity contribution is -0.183. The number of carbonyl (C=O) groups is 4. The maximum Gasteiger partial charge on any atom is 0.405 e. The molecule has 17 heteroatoms. The van der Waals surface area contributed by atoms with Crippen LogP contribution in [0.1, 0.15) is 52.9 Å². The molecule has 0 amide bonds. The molecule has 5 saturated heterocycles. The molecule has 4 bridgehead atoms. The van der Waals surface area contributed by atoms with Crippen LogP contribution in [0, 0.1) is 17.8 Å². The van der Waals surface area contributed by atoms with Crippen molar-refractivity contribution in [1.82, 2.24) is 0 Å². The van der Waals surface area contributed by atoms with Gasteiger partial charge in [-0.25, -0.2) is 9.59 Å². The highest BCUT2D eigenvalue weighted by Gasteiger charge is 2.72. The number of carbonyl (C=O) groups excluding carboxylic acids is 4. The van der Waals surface area contributed by atoms with Crippen LogP contribution in [0.5, 0.6) is 0 Å². The van der Waals surface area contributed by atoms with Crippen molar-refractivity contribution < 1.29 is 74.1 Å². The number of ether oxygens (including phenoxy) is 7. The van der Waals surface area contributed by atoms with Gasteiger partial charge in [-0.05, 0) is 39.0 Å². The van der Waals surface area contributed by atoms with Gasteiger partial charge in [0, 0.05) is 5.92 Å². The van der Waals surface area contributed by atoms with Gasteiger partial charge in [0.2, 0.25) is 0 Å². The lowest BCUT2D eigenvalue weighted by atomic mass is 9.73. The van der Waals surface area contributed by atoms with Gasteiger partial charge in [-0.15, -0.1) is 0 Å². The Bertz CT molecular complexity index is 1250. The molecule has 0 radical (unpaired) electrons. The van der Waals surface area contributed by atoms with E-state index in [1.807, 2.05) is 13.8 Å². The van der Waals surface area contributed by atoms with Crippen molar-refractivity contribution in [3.8, 4) is 0 Å². The zero-order valence-corrected chi connectivity index (χ0v) is 24.5. The first kappa shape index (κ1) is 31.9. The fourth-order valence-electron chi connectivity index (χ4n) is 7.11. The van der Waals surface area contributed by atoms with Crippen LogP contribution in [0.2, 0.25) is 0 Å². The normalized spacial score (nSPS) is 35.1. The predicted octanol–water partition coefficient (Wildman–Crippen LogP) is 0.935. The third kappa shape index (κ3) is 5.51. The van der Waals surface area contributed by atoms with Gasteiger partial charge < -0.3 is 33.2 Å². The number of alkyl halides is 2. The number of esters is 4. The van der Waals surface area contributed by atoms with Crippen LogP contribution in [0.4, 0.5) is 8.78 Å². The van der Waals surface area contributed by atoms with E-state index >= 15 is 0 Å². The Labute approximate surface area is 245 Å². The highest BCUT2D eigenvalue weighted by molar-refractivity contribution is 7.86. The third-order valence-corrected chi connectivity index (χ3v) is 10.3. The van der Waals surface area contributed by atoms with E-state index in [-0.39, 0.29) is 18.1 Å². The smallest absolute Gasteiger partial charge is 0.405 e. The summed E-state index contributed by atoms with van der Waals surface area (Å²) in [4.78, 5) is 50.7. The van der Waals surface area contributed by atoms with E-state index in [1.165, 1.54) is 0 Å². The predicted molar refractivity (Wildman–Crippen MR) is 134 cm³/mol. The largest absolute Gasteiger partial charge is 0.458 e. The standard InChI is InChI=1S/C26H34F2O14S/c1-4-25(5-2,13-8-12-6-7-14(13)38-12)42-24(32)18-17-19-22(41-23(17)31)21(20(18)40-19)39-16(30)10-36-9-15(29)37-11(3)26(27,28)43(33,34)35/h11-14,17-22H,4-10H2,1-3H3,(H,33,34,35). The summed E-state index contributed by atoms with van der Waals surface area (Å²) in [6, 6.07) is 0. The summed E-state index contributed by atoms with van der Waals surface area (Å²) in [5.41, 5.74) is -0.807. The summed E-state index contributed by atoms with van der Waals surface area (Å²) in [6.45, 7) is 2.50. The van der Waals surface area contributed by atoms with E-state index in [2.05, 4.69) is 4.74 Å². The molecule has 0 aromatic heterocycles. The van der Waals surface area contributed by atoms with Crippen molar-refractivity contribution in [2.75, 3.05) is 13.2 Å². The van der Waals surface area contributed by atoms with Gasteiger partial charge in [0.05, 0.1) is 12.2 Å². The topological polar surface area (TPSA) is 187 Å². The first-order valence-corrected chi connectivity index (χ1v) is 15.6. The van der Waals surface area contributed by atoms with E-state index < -0.39 is 100 Å². The zero-order valence-electron chi connectivity index (χ0n) is 23.6. The van der Waals surface area contributed by atoms with Crippen LogP contribution in [0.25, 0.3) is 0 Å². The minimum atomic E-state index is -5.85. The summed E-state index contributed by atoms with van der Waals surface area (Å²) in [5.74, 6) is -5.83. The summed E-state index contributed by atoms with van der Waals surface area (Å²) < 4.78 is 95.2. The van der Waals surface area contributed by atoms with Crippen LogP contribution in [-0.2, 0) is 62.5 Å². The monoisotopic (exact) mass is 640 g/mol. The van der Waals surface area contributed by atoms with Crippen LogP contribution < -0.4 is 0 Å². The van der Waals surface area contributed by atoms with E-state index in [9.17, 15) is 36.4 Å². The Morgan fingerprint density at radius 2 is 1.72 bits per heavy atom. The number of hydrogen-bond donors (Lipinski definition) is 1. The first-order valence-electron chi connectivity index (χ1n) is 14.2. The Morgan fingerprint density at radius 1 is 1.05 bits per heavy atom.